The van der Waals surface area contributed by atoms with E-state index in [4.69, 9.17) is 26.7 Å². The third-order valence-corrected chi connectivity index (χ3v) is 2.04. The molecule has 110 valence electrons. The summed E-state index contributed by atoms with van der Waals surface area (Å²) in [6.45, 7) is 4.61. The Balaban J connectivity index is -0.000000320. The Hall–Kier alpha value is 0.143. The Bertz CT molecular complexity index is 401. The largest absolute Gasteiger partial charge is 2.00 e. The van der Waals surface area contributed by atoms with E-state index in [9.17, 15) is 0 Å². The van der Waals surface area contributed by atoms with Crippen molar-refractivity contribution < 1.29 is 66.4 Å². The van der Waals surface area contributed by atoms with Crippen LogP contribution >= 0.6 is 11.6 Å². The zero-order chi connectivity index (χ0) is 12.0. The second-order valence-electron chi connectivity index (χ2n) is 2.83. The van der Waals surface area contributed by atoms with Crippen LogP contribution in [-0.2, 0) is 29.2 Å². The summed E-state index contributed by atoms with van der Waals surface area (Å²) in [7, 11) is 0. The quantitative estimate of drug-likeness (QED) is 0.274. The van der Waals surface area contributed by atoms with Gasteiger partial charge in [-0.2, -0.15) is 0 Å². The van der Waals surface area contributed by atoms with Gasteiger partial charge in [0.1, 0.15) is 5.69 Å². The molecular formula is C10H13Cl4N3O2Zn. The van der Waals surface area contributed by atoms with Gasteiger partial charge in [-0.05, 0) is 19.9 Å². The molecule has 0 aromatic heterocycles. The maximum atomic E-state index is 8.59. The maximum Gasteiger partial charge on any atom is 2.00 e. The van der Waals surface area contributed by atoms with E-state index in [0.29, 0.717) is 29.6 Å². The molecule has 0 heterocycles. The second-order valence-corrected chi connectivity index (χ2v) is 3.24. The molecule has 1 rings (SSSR count). The van der Waals surface area contributed by atoms with Gasteiger partial charge in [-0.3, -0.25) is 0 Å². The van der Waals surface area contributed by atoms with Gasteiger partial charge in [-0.1, -0.05) is 11.6 Å². The van der Waals surface area contributed by atoms with E-state index in [0.717, 1.165) is 0 Å². The summed E-state index contributed by atoms with van der Waals surface area (Å²) in [5.41, 5.74) is 0.944. The molecule has 0 bridgehead atoms. The molecule has 0 aliphatic carbocycles. The van der Waals surface area contributed by atoms with Gasteiger partial charge in [0.25, 0.3) is 0 Å². The molecule has 0 unspecified atom stereocenters. The minimum absolute atomic E-state index is 0. The Morgan fingerprint density at radius 2 is 1.65 bits per heavy atom. The van der Waals surface area contributed by atoms with E-state index in [-0.39, 0.29) is 56.7 Å². The fourth-order valence-corrected chi connectivity index (χ4v) is 1.36. The third-order valence-electron chi connectivity index (χ3n) is 1.74. The molecule has 0 spiro atoms. The first-order valence-corrected chi connectivity index (χ1v) is 5.31. The molecule has 0 aliphatic heterocycles. The van der Waals surface area contributed by atoms with Crippen molar-refractivity contribution in [1.29, 1.82) is 5.39 Å². The first-order chi connectivity index (χ1) is 7.72. The third kappa shape index (κ3) is 8.43. The van der Waals surface area contributed by atoms with E-state index >= 15 is 0 Å². The zero-order valence-electron chi connectivity index (χ0n) is 11.0. The van der Waals surface area contributed by atoms with Gasteiger partial charge < -0.3 is 37.2 Å². The number of benzene rings is 1. The number of nitrogens with zero attached hydrogens (tertiary/aromatic N) is 3. The number of diazo groups is 1. The molecule has 0 saturated carbocycles. The molecule has 0 fully saturated rings. The molecule has 0 atom stereocenters. The fourth-order valence-electron chi connectivity index (χ4n) is 1.12. The van der Waals surface area contributed by atoms with Crippen LogP contribution in [0.5, 0.6) is 0 Å². The minimum atomic E-state index is 0. The number of hydrogen-bond donors (Lipinski definition) is 0. The average molecular weight is 414 g/mol. The normalized spacial score (nSPS) is 7.90. The Morgan fingerprint density at radius 1 is 1.15 bits per heavy atom. The zero-order valence-corrected chi connectivity index (χ0v) is 17.0. The van der Waals surface area contributed by atoms with Crippen LogP contribution in [0.1, 0.15) is 13.8 Å². The summed E-state index contributed by atoms with van der Waals surface area (Å²) < 4.78 is 0. The van der Waals surface area contributed by atoms with Crippen LogP contribution in [0.3, 0.4) is 0 Å². The van der Waals surface area contributed by atoms with Crippen molar-refractivity contribution in [2.45, 2.75) is 13.8 Å². The molecule has 0 aliphatic rings. The number of halogens is 4. The van der Waals surface area contributed by atoms with Gasteiger partial charge in [-0.25, -0.2) is 9.68 Å². The molecular weight excluding hydrogens is 401 g/mol. The molecule has 0 radical (unpaired) electrons. The first-order valence-electron chi connectivity index (χ1n) is 4.93. The van der Waals surface area contributed by atoms with Crippen LogP contribution in [0.25, 0.3) is 4.98 Å². The Morgan fingerprint density at radius 3 is 2.00 bits per heavy atom. The predicted octanol–water partition coefficient (Wildman–Crippen LogP) is -5.46. The van der Waals surface area contributed by atoms with Gasteiger partial charge >= 0.3 is 25.2 Å². The molecule has 0 saturated heterocycles. The van der Waals surface area contributed by atoms with Gasteiger partial charge in [0.15, 0.2) is 4.98 Å². The Labute approximate surface area is 154 Å². The van der Waals surface area contributed by atoms with Crippen LogP contribution in [0.2, 0.25) is 5.02 Å². The van der Waals surface area contributed by atoms with Gasteiger partial charge in [0.05, 0.1) is 24.3 Å². The van der Waals surface area contributed by atoms with Crippen molar-refractivity contribution in [3.8, 4) is 0 Å². The number of rotatable bonds is 5. The summed E-state index contributed by atoms with van der Waals surface area (Å²) >= 11 is 6.00. The topological polar surface area (TPSA) is 49.9 Å². The summed E-state index contributed by atoms with van der Waals surface area (Å²) in [6.07, 6.45) is 0. The SMILES string of the molecule is CCON(OCC)c1ccc([N+]#N)cc1Cl.[Cl-].[Cl-].[Cl-].[Zn+2]. The standard InChI is InChI=1S/C10H13ClN3O2.3ClH.Zn/c1-3-15-14(16-4-2)10-6-5-8(13-12)7-9(10)11;;;;/h5-7H,3-4H2,1-2H3;3*1H;/q+1;;;;+2/p-3. The monoisotopic (exact) mass is 411 g/mol. The maximum absolute atomic E-state index is 8.59. The van der Waals surface area contributed by atoms with E-state index in [1.54, 1.807) is 12.1 Å². The molecule has 5 nitrogen and oxygen atoms in total. The molecule has 0 N–H and O–H groups in total. The smallest absolute Gasteiger partial charge is 1.00 e. The van der Waals surface area contributed by atoms with Crippen molar-refractivity contribution in [3.63, 3.8) is 0 Å². The molecule has 20 heavy (non-hydrogen) atoms. The van der Waals surface area contributed by atoms with E-state index in [1.807, 2.05) is 13.8 Å². The summed E-state index contributed by atoms with van der Waals surface area (Å²) in [5, 5.41) is 10.2. The summed E-state index contributed by atoms with van der Waals surface area (Å²) in [5.74, 6) is 0. The van der Waals surface area contributed by atoms with E-state index in [2.05, 4.69) is 4.98 Å². The summed E-state index contributed by atoms with van der Waals surface area (Å²) in [4.78, 5) is 13.6. The Kier molecular flexibility index (Phi) is 22.0. The van der Waals surface area contributed by atoms with Crippen LogP contribution < -0.4 is 42.4 Å². The van der Waals surface area contributed by atoms with Crippen molar-refractivity contribution in [3.05, 3.63) is 28.2 Å². The van der Waals surface area contributed by atoms with Crippen molar-refractivity contribution in [2.75, 3.05) is 18.4 Å². The van der Waals surface area contributed by atoms with Crippen LogP contribution in [-0.4, -0.2) is 13.2 Å². The average Bonchev–Trinajstić information content (AvgIpc) is 2.29. The van der Waals surface area contributed by atoms with Crippen LogP contribution in [0, 0.1) is 5.39 Å². The number of anilines is 1. The molecule has 1 aromatic rings. The summed E-state index contributed by atoms with van der Waals surface area (Å²) in [6, 6.07) is 4.77. The van der Waals surface area contributed by atoms with Crippen molar-refractivity contribution in [2.24, 2.45) is 0 Å². The minimum Gasteiger partial charge on any atom is -1.00 e. The molecule has 10 heteroatoms. The van der Waals surface area contributed by atoms with Crippen molar-refractivity contribution >= 4 is 23.0 Å². The van der Waals surface area contributed by atoms with Gasteiger partial charge in [0, 0.05) is 6.07 Å². The van der Waals surface area contributed by atoms with E-state index < -0.39 is 0 Å². The predicted molar refractivity (Wildman–Crippen MR) is 61.9 cm³/mol. The van der Waals surface area contributed by atoms with E-state index in [1.165, 1.54) is 11.3 Å². The fraction of sp³-hybridized carbons (Fsp3) is 0.400. The van der Waals surface area contributed by atoms with Gasteiger partial charge in [-0.15, -0.1) is 5.23 Å². The number of hydrogen-bond acceptors (Lipinski definition) is 4. The first kappa shape index (κ1) is 28.3. The molecule has 1 aromatic carbocycles. The van der Waals surface area contributed by atoms with Crippen LogP contribution in [0.15, 0.2) is 18.2 Å². The van der Waals surface area contributed by atoms with Crippen molar-refractivity contribution in [1.82, 2.24) is 0 Å². The van der Waals surface area contributed by atoms with Gasteiger partial charge in [0.2, 0.25) is 5.39 Å². The molecule has 0 amide bonds. The van der Waals surface area contributed by atoms with Crippen LogP contribution in [0.4, 0.5) is 11.4 Å². The second kappa shape index (κ2) is 15.5.